The number of amides is 3. The standard InChI is InChI=1S/C17H32N4O2/c1-5-18(6-2)17(23)20-12-10-19(11-13-20)15-8-7-9-21(14(3)4)16(15)22/h14-15H,5-13H2,1-4H3. The first-order valence-electron chi connectivity index (χ1n) is 9.07. The molecule has 6 heteroatoms. The molecule has 2 heterocycles. The van der Waals surface area contributed by atoms with Crippen LogP contribution >= 0.6 is 0 Å². The molecule has 2 aliphatic heterocycles. The lowest BCUT2D eigenvalue weighted by atomic mass is 10.0. The Morgan fingerprint density at radius 1 is 1.13 bits per heavy atom. The van der Waals surface area contributed by atoms with Crippen molar-refractivity contribution >= 4 is 11.9 Å². The summed E-state index contributed by atoms with van der Waals surface area (Å²) in [7, 11) is 0. The van der Waals surface area contributed by atoms with E-state index in [9.17, 15) is 9.59 Å². The number of hydrogen-bond acceptors (Lipinski definition) is 3. The summed E-state index contributed by atoms with van der Waals surface area (Å²) >= 11 is 0. The molecule has 132 valence electrons. The predicted octanol–water partition coefficient (Wildman–Crippen LogP) is 1.47. The maximum atomic E-state index is 12.7. The van der Waals surface area contributed by atoms with Gasteiger partial charge in [-0.15, -0.1) is 0 Å². The van der Waals surface area contributed by atoms with Crippen molar-refractivity contribution in [2.24, 2.45) is 0 Å². The molecule has 6 nitrogen and oxygen atoms in total. The average Bonchev–Trinajstić information content (AvgIpc) is 2.56. The number of piperidine rings is 1. The van der Waals surface area contributed by atoms with Crippen molar-refractivity contribution < 1.29 is 9.59 Å². The quantitative estimate of drug-likeness (QED) is 0.787. The maximum absolute atomic E-state index is 12.7. The van der Waals surface area contributed by atoms with Crippen molar-refractivity contribution in [3.8, 4) is 0 Å². The zero-order valence-electron chi connectivity index (χ0n) is 15.1. The molecule has 0 saturated carbocycles. The fourth-order valence-corrected chi connectivity index (χ4v) is 3.65. The molecule has 2 fully saturated rings. The second-order valence-electron chi connectivity index (χ2n) is 6.76. The second-order valence-corrected chi connectivity index (χ2v) is 6.76. The van der Waals surface area contributed by atoms with Gasteiger partial charge in [0.15, 0.2) is 0 Å². The van der Waals surface area contributed by atoms with Crippen LogP contribution in [-0.2, 0) is 4.79 Å². The molecular formula is C17H32N4O2. The molecule has 0 aromatic rings. The highest BCUT2D eigenvalue weighted by atomic mass is 16.2. The van der Waals surface area contributed by atoms with Crippen molar-refractivity contribution in [1.29, 1.82) is 0 Å². The summed E-state index contributed by atoms with van der Waals surface area (Å²) in [5, 5.41) is 0. The summed E-state index contributed by atoms with van der Waals surface area (Å²) in [5.41, 5.74) is 0. The van der Waals surface area contributed by atoms with Gasteiger partial charge in [0.1, 0.15) is 0 Å². The van der Waals surface area contributed by atoms with Gasteiger partial charge in [-0.2, -0.15) is 0 Å². The van der Waals surface area contributed by atoms with E-state index in [1.807, 2.05) is 28.5 Å². The predicted molar refractivity (Wildman–Crippen MR) is 91.3 cm³/mol. The molecular weight excluding hydrogens is 292 g/mol. The van der Waals surface area contributed by atoms with Crippen LogP contribution in [0.1, 0.15) is 40.5 Å². The first kappa shape index (κ1) is 18.0. The molecule has 2 rings (SSSR count). The van der Waals surface area contributed by atoms with Crippen molar-refractivity contribution in [2.75, 3.05) is 45.8 Å². The zero-order chi connectivity index (χ0) is 17.0. The second kappa shape index (κ2) is 7.99. The Labute approximate surface area is 140 Å². The van der Waals surface area contributed by atoms with Gasteiger partial charge in [0, 0.05) is 51.9 Å². The van der Waals surface area contributed by atoms with Crippen LogP contribution < -0.4 is 0 Å². The van der Waals surface area contributed by atoms with E-state index in [1.165, 1.54) is 0 Å². The number of hydrogen-bond donors (Lipinski definition) is 0. The summed E-state index contributed by atoms with van der Waals surface area (Å²) < 4.78 is 0. The van der Waals surface area contributed by atoms with E-state index < -0.39 is 0 Å². The number of carbonyl (C=O) groups excluding carboxylic acids is 2. The van der Waals surface area contributed by atoms with Crippen LogP contribution in [0, 0.1) is 0 Å². The minimum absolute atomic E-state index is 0.0110. The van der Waals surface area contributed by atoms with Gasteiger partial charge in [-0.1, -0.05) is 0 Å². The Morgan fingerprint density at radius 2 is 1.74 bits per heavy atom. The Hall–Kier alpha value is -1.30. The summed E-state index contributed by atoms with van der Waals surface area (Å²) in [5.74, 6) is 0.273. The maximum Gasteiger partial charge on any atom is 0.320 e. The van der Waals surface area contributed by atoms with E-state index >= 15 is 0 Å². The van der Waals surface area contributed by atoms with E-state index in [4.69, 9.17) is 0 Å². The number of urea groups is 1. The van der Waals surface area contributed by atoms with Crippen LogP contribution in [0.15, 0.2) is 0 Å². The fourth-order valence-electron chi connectivity index (χ4n) is 3.65. The molecule has 0 spiro atoms. The van der Waals surface area contributed by atoms with Gasteiger partial charge in [0.2, 0.25) is 5.91 Å². The van der Waals surface area contributed by atoms with Crippen LogP contribution in [0.4, 0.5) is 4.79 Å². The minimum atomic E-state index is 0.0110. The lowest BCUT2D eigenvalue weighted by molar-refractivity contribution is -0.142. The van der Waals surface area contributed by atoms with Crippen LogP contribution in [0.25, 0.3) is 0 Å². The minimum Gasteiger partial charge on any atom is -0.339 e. The van der Waals surface area contributed by atoms with Gasteiger partial charge in [0.05, 0.1) is 6.04 Å². The zero-order valence-corrected chi connectivity index (χ0v) is 15.1. The Morgan fingerprint density at radius 3 is 2.26 bits per heavy atom. The van der Waals surface area contributed by atoms with Gasteiger partial charge in [-0.25, -0.2) is 4.79 Å². The molecule has 2 aliphatic rings. The third-order valence-corrected chi connectivity index (χ3v) is 5.13. The number of piperazine rings is 1. The van der Waals surface area contributed by atoms with Crippen LogP contribution in [-0.4, -0.2) is 89.4 Å². The monoisotopic (exact) mass is 324 g/mol. The molecule has 1 unspecified atom stereocenters. The fraction of sp³-hybridized carbons (Fsp3) is 0.882. The SMILES string of the molecule is CCN(CC)C(=O)N1CCN(C2CCCN(C(C)C)C2=O)CC1. The summed E-state index contributed by atoms with van der Waals surface area (Å²) in [6.07, 6.45) is 2.03. The Bertz CT molecular complexity index is 415. The topological polar surface area (TPSA) is 47.1 Å². The van der Waals surface area contributed by atoms with Crippen LogP contribution in [0.3, 0.4) is 0 Å². The Kier molecular flexibility index (Phi) is 6.27. The Balaban J connectivity index is 1.91. The number of rotatable bonds is 4. The highest BCUT2D eigenvalue weighted by molar-refractivity contribution is 5.83. The lowest BCUT2D eigenvalue weighted by Crippen LogP contribution is -2.60. The van der Waals surface area contributed by atoms with Gasteiger partial charge in [0.25, 0.3) is 0 Å². The third kappa shape index (κ3) is 3.97. The van der Waals surface area contributed by atoms with Gasteiger partial charge >= 0.3 is 6.03 Å². The number of carbonyl (C=O) groups is 2. The van der Waals surface area contributed by atoms with Crippen molar-refractivity contribution in [1.82, 2.24) is 19.6 Å². The molecule has 0 aromatic heterocycles. The largest absolute Gasteiger partial charge is 0.339 e. The smallest absolute Gasteiger partial charge is 0.320 e. The lowest BCUT2D eigenvalue weighted by Gasteiger charge is -2.44. The molecule has 0 N–H and O–H groups in total. The normalized spacial score (nSPS) is 23.5. The number of nitrogens with zero attached hydrogens (tertiary/aromatic N) is 4. The molecule has 23 heavy (non-hydrogen) atoms. The van der Waals surface area contributed by atoms with Gasteiger partial charge < -0.3 is 14.7 Å². The first-order valence-corrected chi connectivity index (χ1v) is 9.07. The van der Waals surface area contributed by atoms with E-state index in [1.54, 1.807) is 0 Å². The van der Waals surface area contributed by atoms with Gasteiger partial charge in [-0.05, 0) is 40.5 Å². The van der Waals surface area contributed by atoms with E-state index in [2.05, 4.69) is 18.7 Å². The highest BCUT2D eigenvalue weighted by Gasteiger charge is 2.36. The number of likely N-dealkylation sites (tertiary alicyclic amines) is 1. The van der Waals surface area contributed by atoms with Crippen molar-refractivity contribution in [3.63, 3.8) is 0 Å². The molecule has 3 amide bonds. The molecule has 0 aromatic carbocycles. The van der Waals surface area contributed by atoms with E-state index in [0.717, 1.165) is 58.7 Å². The average molecular weight is 324 g/mol. The first-order chi connectivity index (χ1) is 11.0. The van der Waals surface area contributed by atoms with Crippen LogP contribution in [0.5, 0.6) is 0 Å². The molecule has 1 atom stereocenters. The van der Waals surface area contributed by atoms with Gasteiger partial charge in [-0.3, -0.25) is 9.69 Å². The summed E-state index contributed by atoms with van der Waals surface area (Å²) in [6.45, 7) is 13.6. The molecule has 0 aliphatic carbocycles. The van der Waals surface area contributed by atoms with E-state index in [-0.39, 0.29) is 24.0 Å². The van der Waals surface area contributed by atoms with Crippen molar-refractivity contribution in [2.45, 2.75) is 52.6 Å². The van der Waals surface area contributed by atoms with Crippen molar-refractivity contribution in [3.05, 3.63) is 0 Å². The van der Waals surface area contributed by atoms with Crippen LogP contribution in [0.2, 0.25) is 0 Å². The summed E-state index contributed by atoms with van der Waals surface area (Å²) in [6, 6.07) is 0.418. The molecule has 0 radical (unpaired) electrons. The molecule has 0 bridgehead atoms. The van der Waals surface area contributed by atoms with E-state index in [0.29, 0.717) is 0 Å². The third-order valence-electron chi connectivity index (χ3n) is 5.13. The molecule has 2 saturated heterocycles. The highest BCUT2D eigenvalue weighted by Crippen LogP contribution is 2.21. The summed E-state index contributed by atoms with van der Waals surface area (Å²) in [4.78, 5) is 33.2.